The minimum atomic E-state index is 0. The van der Waals surface area contributed by atoms with Crippen LogP contribution in [-0.4, -0.2) is 48.9 Å². The van der Waals surface area contributed by atoms with E-state index in [0.29, 0.717) is 12.0 Å². The minimum absolute atomic E-state index is 0. The summed E-state index contributed by atoms with van der Waals surface area (Å²) >= 11 is 0. The van der Waals surface area contributed by atoms with Crippen LogP contribution in [0, 0.1) is 0 Å². The highest BCUT2D eigenvalue weighted by molar-refractivity contribution is 5.97. The molecule has 2 amide bonds. The number of nitrogens with zero attached hydrogens (tertiary/aromatic N) is 2. The summed E-state index contributed by atoms with van der Waals surface area (Å²) in [5, 5.41) is 3.28. The van der Waals surface area contributed by atoms with Crippen molar-refractivity contribution in [3.63, 3.8) is 0 Å². The molecule has 1 aromatic carbocycles. The average molecular weight is 324 g/mol. The van der Waals surface area contributed by atoms with Crippen LogP contribution in [0.2, 0.25) is 0 Å². The highest BCUT2D eigenvalue weighted by atomic mass is 35.5. The monoisotopic (exact) mass is 323 g/mol. The molecule has 0 unspecified atom stereocenters. The molecule has 1 atom stereocenters. The average Bonchev–Trinajstić information content (AvgIpc) is 2.93. The Morgan fingerprint density at radius 2 is 1.95 bits per heavy atom. The van der Waals surface area contributed by atoms with Gasteiger partial charge in [0.25, 0.3) is 5.91 Å². The third-order valence-electron chi connectivity index (χ3n) is 4.26. The quantitative estimate of drug-likeness (QED) is 0.900. The molecule has 120 valence electrons. The second-order valence-corrected chi connectivity index (χ2v) is 5.75. The van der Waals surface area contributed by atoms with Crippen LogP contribution in [0.25, 0.3) is 0 Å². The molecule has 0 aromatic heterocycles. The van der Waals surface area contributed by atoms with E-state index in [-0.39, 0.29) is 30.3 Å². The van der Waals surface area contributed by atoms with Crippen molar-refractivity contribution in [2.45, 2.75) is 25.8 Å². The molecule has 6 heteroatoms. The van der Waals surface area contributed by atoms with Crippen molar-refractivity contribution in [2.24, 2.45) is 0 Å². The Morgan fingerprint density at radius 1 is 1.23 bits per heavy atom. The normalized spacial score (nSPS) is 21.7. The summed E-state index contributed by atoms with van der Waals surface area (Å²) < 4.78 is 0. The number of carbonyl (C=O) groups is 2. The maximum atomic E-state index is 12.5. The maximum absolute atomic E-state index is 12.5. The van der Waals surface area contributed by atoms with Gasteiger partial charge in [-0.2, -0.15) is 0 Å². The first-order valence-corrected chi connectivity index (χ1v) is 7.59. The number of hydrogen-bond donors (Lipinski definition) is 1. The molecule has 0 radical (unpaired) electrons. The van der Waals surface area contributed by atoms with Crippen molar-refractivity contribution in [3.05, 3.63) is 29.8 Å². The number of halogens is 1. The molecule has 1 N–H and O–H groups in total. The number of hydrogen-bond acceptors (Lipinski definition) is 3. The van der Waals surface area contributed by atoms with Gasteiger partial charge >= 0.3 is 0 Å². The molecule has 3 rings (SSSR count). The molecular weight excluding hydrogens is 302 g/mol. The number of benzene rings is 1. The summed E-state index contributed by atoms with van der Waals surface area (Å²) in [6, 6.07) is 7.63. The number of nitrogens with one attached hydrogen (secondary N) is 1. The molecule has 0 spiro atoms. The second-order valence-electron chi connectivity index (χ2n) is 5.75. The van der Waals surface area contributed by atoms with E-state index < -0.39 is 0 Å². The van der Waals surface area contributed by atoms with Crippen LogP contribution in [0.5, 0.6) is 0 Å². The third-order valence-corrected chi connectivity index (χ3v) is 4.26. The van der Waals surface area contributed by atoms with E-state index in [2.05, 4.69) is 12.2 Å². The zero-order valence-electron chi connectivity index (χ0n) is 12.7. The Labute approximate surface area is 137 Å². The number of amides is 2. The largest absolute Gasteiger partial charge is 0.333 e. The lowest BCUT2D eigenvalue weighted by atomic mass is 10.1. The standard InChI is InChI=1S/C16H21N3O2.ClH/c1-12-11-17-8-10-18(12)16(21)13-4-6-14(7-5-13)19-9-2-3-15(19)20;/h4-7,12,17H,2-3,8-11H2,1H3;1H/t12-;/m0./s1. The zero-order chi connectivity index (χ0) is 14.8. The Morgan fingerprint density at radius 3 is 2.55 bits per heavy atom. The number of anilines is 1. The fourth-order valence-corrected chi connectivity index (χ4v) is 3.01. The Bertz CT molecular complexity index is 547. The van der Waals surface area contributed by atoms with Gasteiger partial charge in [-0.1, -0.05) is 0 Å². The molecule has 22 heavy (non-hydrogen) atoms. The van der Waals surface area contributed by atoms with E-state index in [1.165, 1.54) is 0 Å². The first-order valence-electron chi connectivity index (χ1n) is 7.59. The number of rotatable bonds is 2. The summed E-state index contributed by atoms with van der Waals surface area (Å²) in [4.78, 5) is 28.0. The molecule has 0 saturated carbocycles. The summed E-state index contributed by atoms with van der Waals surface area (Å²) in [7, 11) is 0. The fourth-order valence-electron chi connectivity index (χ4n) is 3.01. The Hall–Kier alpha value is -1.59. The summed E-state index contributed by atoms with van der Waals surface area (Å²) in [6.07, 6.45) is 1.54. The van der Waals surface area contributed by atoms with Crippen LogP contribution in [0.15, 0.2) is 24.3 Å². The van der Waals surface area contributed by atoms with Crippen molar-refractivity contribution in [1.29, 1.82) is 0 Å². The molecule has 2 heterocycles. The molecule has 5 nitrogen and oxygen atoms in total. The molecule has 2 fully saturated rings. The Kier molecular flexibility index (Phi) is 5.42. The van der Waals surface area contributed by atoms with Crippen LogP contribution in [-0.2, 0) is 4.79 Å². The van der Waals surface area contributed by atoms with Gasteiger partial charge in [0.05, 0.1) is 0 Å². The minimum Gasteiger partial charge on any atom is -0.333 e. The van der Waals surface area contributed by atoms with Gasteiger partial charge in [-0.05, 0) is 37.6 Å². The molecule has 1 aromatic rings. The van der Waals surface area contributed by atoms with Crippen LogP contribution in [0.1, 0.15) is 30.1 Å². The van der Waals surface area contributed by atoms with Gasteiger partial charge in [-0.15, -0.1) is 12.4 Å². The van der Waals surface area contributed by atoms with E-state index in [9.17, 15) is 9.59 Å². The molecule has 0 aliphatic carbocycles. The summed E-state index contributed by atoms with van der Waals surface area (Å²) in [5.41, 5.74) is 1.58. The van der Waals surface area contributed by atoms with Gasteiger partial charge in [-0.3, -0.25) is 9.59 Å². The van der Waals surface area contributed by atoms with Gasteiger partial charge in [0.2, 0.25) is 5.91 Å². The molecule has 2 aliphatic rings. The lowest BCUT2D eigenvalue weighted by Crippen LogP contribution is -2.52. The van der Waals surface area contributed by atoms with Crippen LogP contribution in [0.3, 0.4) is 0 Å². The lowest BCUT2D eigenvalue weighted by Gasteiger charge is -2.34. The van der Waals surface area contributed by atoms with E-state index >= 15 is 0 Å². The summed E-state index contributed by atoms with van der Waals surface area (Å²) in [5.74, 6) is 0.244. The predicted octanol–water partition coefficient (Wildman–Crippen LogP) is 1.67. The molecule has 2 aliphatic heterocycles. The van der Waals surface area contributed by atoms with Crippen LogP contribution < -0.4 is 10.2 Å². The summed E-state index contributed by atoms with van der Waals surface area (Å²) in [6.45, 7) is 5.26. The number of carbonyl (C=O) groups excluding carboxylic acids is 2. The van der Waals surface area contributed by atoms with Crippen molar-refractivity contribution >= 4 is 29.9 Å². The maximum Gasteiger partial charge on any atom is 0.254 e. The third kappa shape index (κ3) is 3.25. The van der Waals surface area contributed by atoms with Gasteiger partial charge in [0, 0.05) is 49.9 Å². The highest BCUT2D eigenvalue weighted by Crippen LogP contribution is 2.22. The van der Waals surface area contributed by atoms with E-state index in [1.54, 1.807) is 4.90 Å². The Balaban J connectivity index is 0.00000176. The fraction of sp³-hybridized carbons (Fsp3) is 0.500. The predicted molar refractivity (Wildman–Crippen MR) is 88.6 cm³/mol. The van der Waals surface area contributed by atoms with E-state index in [1.807, 2.05) is 29.2 Å². The van der Waals surface area contributed by atoms with Crippen molar-refractivity contribution in [1.82, 2.24) is 10.2 Å². The van der Waals surface area contributed by atoms with E-state index in [0.717, 1.165) is 38.3 Å². The van der Waals surface area contributed by atoms with Gasteiger partial charge < -0.3 is 15.1 Å². The topological polar surface area (TPSA) is 52.7 Å². The van der Waals surface area contributed by atoms with Gasteiger partial charge in [0.15, 0.2) is 0 Å². The van der Waals surface area contributed by atoms with Crippen LogP contribution >= 0.6 is 12.4 Å². The first kappa shape index (κ1) is 16.8. The van der Waals surface area contributed by atoms with Gasteiger partial charge in [-0.25, -0.2) is 0 Å². The van der Waals surface area contributed by atoms with Crippen molar-refractivity contribution < 1.29 is 9.59 Å². The second kappa shape index (κ2) is 7.11. The lowest BCUT2D eigenvalue weighted by molar-refractivity contribution is -0.117. The highest BCUT2D eigenvalue weighted by Gasteiger charge is 2.25. The smallest absolute Gasteiger partial charge is 0.254 e. The zero-order valence-corrected chi connectivity index (χ0v) is 13.6. The number of piperazine rings is 1. The first-order chi connectivity index (χ1) is 10.2. The molecule has 0 bridgehead atoms. The van der Waals surface area contributed by atoms with Gasteiger partial charge in [0.1, 0.15) is 0 Å². The molecular formula is C16H22ClN3O2. The molecule has 2 saturated heterocycles. The van der Waals surface area contributed by atoms with E-state index in [4.69, 9.17) is 0 Å². The SMILES string of the molecule is C[C@H]1CNCCN1C(=O)c1ccc(N2CCCC2=O)cc1.Cl. The van der Waals surface area contributed by atoms with Crippen LogP contribution in [0.4, 0.5) is 5.69 Å². The van der Waals surface area contributed by atoms with Crippen molar-refractivity contribution in [3.8, 4) is 0 Å². The van der Waals surface area contributed by atoms with Crippen molar-refractivity contribution in [2.75, 3.05) is 31.1 Å².